The zero-order valence-corrected chi connectivity index (χ0v) is 19.5. The molecule has 5 nitrogen and oxygen atoms in total. The van der Waals surface area contributed by atoms with Crippen molar-refractivity contribution in [1.82, 2.24) is 0 Å². The molecule has 11 heteroatoms. The molecule has 176 valence electrons. The predicted octanol–water partition coefficient (Wildman–Crippen LogP) is 6.14. The van der Waals surface area contributed by atoms with Crippen LogP contribution in [0.25, 0.3) is 6.08 Å². The average Bonchev–Trinajstić information content (AvgIpc) is 3.01. The lowest BCUT2D eigenvalue weighted by Crippen LogP contribution is -2.25. The summed E-state index contributed by atoms with van der Waals surface area (Å²) in [6.45, 7) is 7.14. The normalized spacial score (nSPS) is 15.0. The third-order valence-corrected chi connectivity index (χ3v) is 5.05. The second-order valence-corrected chi connectivity index (χ2v) is 8.06. The van der Waals surface area contributed by atoms with E-state index in [4.69, 9.17) is 9.47 Å². The lowest BCUT2D eigenvalue weighted by atomic mass is 10.1. The molecular weight excluding hydrogens is 515 g/mol. The molecule has 1 amide bonds. The van der Waals surface area contributed by atoms with Crippen LogP contribution < -0.4 is 14.5 Å². The minimum atomic E-state index is -2.33. The van der Waals surface area contributed by atoms with Crippen LogP contribution >= 0.6 is 15.9 Å². The molecule has 0 radical (unpaired) electrons. The minimum absolute atomic E-state index is 0.0144. The average molecular weight is 533 g/mol. The zero-order valence-electron chi connectivity index (χ0n) is 17.9. The molecular formula is C22H18BrF5N2O3. The number of hydrogen-bond acceptors (Lipinski definition) is 4. The van der Waals surface area contributed by atoms with Crippen LogP contribution in [0.4, 0.5) is 27.6 Å². The molecule has 33 heavy (non-hydrogen) atoms. The number of carbonyl (C=O) groups excluding carboxylic acids is 1. The predicted molar refractivity (Wildman–Crippen MR) is 116 cm³/mol. The van der Waals surface area contributed by atoms with Crippen LogP contribution in [0.1, 0.15) is 33.3 Å². The van der Waals surface area contributed by atoms with Crippen molar-refractivity contribution in [2.24, 2.45) is 5.10 Å². The van der Waals surface area contributed by atoms with Crippen molar-refractivity contribution in [3.63, 3.8) is 0 Å². The van der Waals surface area contributed by atoms with E-state index in [0.29, 0.717) is 28.1 Å². The van der Waals surface area contributed by atoms with E-state index in [1.807, 2.05) is 13.8 Å². The topological polar surface area (TPSA) is 51.1 Å². The van der Waals surface area contributed by atoms with Crippen LogP contribution in [0.15, 0.2) is 27.3 Å². The van der Waals surface area contributed by atoms with Gasteiger partial charge in [-0.25, -0.2) is 22.0 Å². The summed E-state index contributed by atoms with van der Waals surface area (Å²) in [7, 11) is 0. The smallest absolute Gasteiger partial charge is 0.280 e. The molecule has 0 atom stereocenters. The molecule has 1 heterocycles. The summed E-state index contributed by atoms with van der Waals surface area (Å²) in [5.41, 5.74) is -1.10. The molecule has 1 aliphatic heterocycles. The molecule has 0 aromatic heterocycles. The minimum Gasteiger partial charge on any atom is -0.490 e. The molecule has 0 spiro atoms. The van der Waals surface area contributed by atoms with Gasteiger partial charge in [0.1, 0.15) is 5.69 Å². The van der Waals surface area contributed by atoms with E-state index < -0.39 is 40.7 Å². The van der Waals surface area contributed by atoms with Crippen LogP contribution in [0.3, 0.4) is 0 Å². The summed E-state index contributed by atoms with van der Waals surface area (Å²) < 4.78 is 80.9. The van der Waals surface area contributed by atoms with Crippen LogP contribution in [0, 0.1) is 29.1 Å². The lowest BCUT2D eigenvalue weighted by molar-refractivity contribution is -0.114. The van der Waals surface area contributed by atoms with Gasteiger partial charge in [-0.15, -0.1) is 0 Å². The summed E-state index contributed by atoms with van der Waals surface area (Å²) in [5, 5.41) is 3.88. The van der Waals surface area contributed by atoms with E-state index in [0.717, 1.165) is 0 Å². The Bertz CT molecular complexity index is 1170. The monoisotopic (exact) mass is 532 g/mol. The van der Waals surface area contributed by atoms with Gasteiger partial charge in [0.05, 0.1) is 28.5 Å². The third-order valence-electron chi connectivity index (χ3n) is 4.46. The maximum absolute atomic E-state index is 14.2. The molecule has 2 aromatic rings. The molecule has 0 saturated carbocycles. The first kappa shape index (κ1) is 24.7. The van der Waals surface area contributed by atoms with Crippen molar-refractivity contribution < 1.29 is 36.2 Å². The fourth-order valence-corrected chi connectivity index (χ4v) is 3.62. The molecule has 3 rings (SSSR count). The summed E-state index contributed by atoms with van der Waals surface area (Å²) >= 11 is 3.39. The van der Waals surface area contributed by atoms with Crippen molar-refractivity contribution >= 4 is 39.3 Å². The number of hydrogen-bond donors (Lipinski definition) is 0. The summed E-state index contributed by atoms with van der Waals surface area (Å²) in [5.74, 6) is -11.2. The van der Waals surface area contributed by atoms with Crippen LogP contribution in [0.2, 0.25) is 0 Å². The number of ether oxygens (including phenoxy) is 2. The van der Waals surface area contributed by atoms with Gasteiger partial charge in [0.2, 0.25) is 5.82 Å². The van der Waals surface area contributed by atoms with E-state index in [1.54, 1.807) is 19.1 Å². The molecule has 0 aliphatic carbocycles. The molecule has 0 saturated heterocycles. The Kier molecular flexibility index (Phi) is 7.11. The van der Waals surface area contributed by atoms with Crippen molar-refractivity contribution in [2.75, 3.05) is 11.6 Å². The van der Waals surface area contributed by atoms with Gasteiger partial charge in [0.15, 0.2) is 34.8 Å². The Labute approximate surface area is 194 Å². The number of benzene rings is 2. The highest BCUT2D eigenvalue weighted by atomic mass is 79.9. The molecule has 0 N–H and O–H groups in total. The fourth-order valence-electron chi connectivity index (χ4n) is 3.07. The van der Waals surface area contributed by atoms with Gasteiger partial charge >= 0.3 is 0 Å². The van der Waals surface area contributed by atoms with Crippen molar-refractivity contribution in [2.45, 2.75) is 33.8 Å². The van der Waals surface area contributed by atoms with Crippen molar-refractivity contribution in [1.29, 1.82) is 0 Å². The Morgan fingerprint density at radius 1 is 1.06 bits per heavy atom. The number of carbonyl (C=O) groups is 1. The van der Waals surface area contributed by atoms with Crippen molar-refractivity contribution in [3.05, 3.63) is 56.8 Å². The Balaban J connectivity index is 2.07. The number of anilines is 1. The van der Waals surface area contributed by atoms with Gasteiger partial charge in [0, 0.05) is 0 Å². The number of hydrazone groups is 1. The second kappa shape index (κ2) is 9.50. The van der Waals surface area contributed by atoms with Gasteiger partial charge in [-0.3, -0.25) is 4.79 Å². The van der Waals surface area contributed by atoms with Gasteiger partial charge in [-0.1, -0.05) is 0 Å². The second-order valence-electron chi connectivity index (χ2n) is 7.21. The largest absolute Gasteiger partial charge is 0.490 e. The highest BCUT2D eigenvalue weighted by Crippen LogP contribution is 2.39. The maximum Gasteiger partial charge on any atom is 0.280 e. The van der Waals surface area contributed by atoms with E-state index in [2.05, 4.69) is 21.0 Å². The Morgan fingerprint density at radius 2 is 1.64 bits per heavy atom. The zero-order chi connectivity index (χ0) is 24.6. The molecule has 2 aromatic carbocycles. The Hall–Kier alpha value is -2.95. The van der Waals surface area contributed by atoms with Gasteiger partial charge in [-0.2, -0.15) is 10.1 Å². The van der Waals surface area contributed by atoms with Crippen molar-refractivity contribution in [3.8, 4) is 11.5 Å². The van der Waals surface area contributed by atoms with Gasteiger partial charge < -0.3 is 9.47 Å². The number of amides is 1. The van der Waals surface area contributed by atoms with Gasteiger partial charge in [-0.05, 0) is 67.4 Å². The van der Waals surface area contributed by atoms with E-state index in [1.165, 1.54) is 13.0 Å². The van der Waals surface area contributed by atoms with Crippen LogP contribution in [-0.2, 0) is 4.79 Å². The third kappa shape index (κ3) is 4.59. The van der Waals surface area contributed by atoms with E-state index >= 15 is 0 Å². The first-order valence-electron chi connectivity index (χ1n) is 9.74. The maximum atomic E-state index is 14.2. The number of nitrogens with zero attached hydrogens (tertiary/aromatic N) is 2. The quantitative estimate of drug-likeness (QED) is 0.194. The van der Waals surface area contributed by atoms with E-state index in [-0.39, 0.29) is 22.4 Å². The molecule has 0 unspecified atom stereocenters. The Morgan fingerprint density at radius 3 is 2.18 bits per heavy atom. The SMILES string of the molecule is CCOc1cc(/C=C2\C(=O)N(c3c(F)c(F)c(F)c(F)c3F)N=C2C)cc(Br)c1OC(C)C. The highest BCUT2D eigenvalue weighted by molar-refractivity contribution is 9.10. The highest BCUT2D eigenvalue weighted by Gasteiger charge is 2.37. The van der Waals surface area contributed by atoms with Crippen LogP contribution in [0.5, 0.6) is 11.5 Å². The molecule has 0 bridgehead atoms. The van der Waals surface area contributed by atoms with Crippen LogP contribution in [-0.4, -0.2) is 24.3 Å². The summed E-state index contributed by atoms with van der Waals surface area (Å²) in [4.78, 5) is 12.8. The lowest BCUT2D eigenvalue weighted by Gasteiger charge is -2.17. The standard InChI is InChI=1S/C22H18BrF5N2O3/c1-5-32-14-8-11(7-13(23)21(14)33-9(2)3)6-12-10(4)29-30(22(12)31)20-18(27)16(25)15(24)17(26)19(20)28/h6-9H,5H2,1-4H3/b12-6-. The molecule has 1 aliphatic rings. The summed E-state index contributed by atoms with van der Waals surface area (Å²) in [6.07, 6.45) is 1.21. The van der Waals surface area contributed by atoms with Gasteiger partial charge in [0.25, 0.3) is 5.91 Å². The van der Waals surface area contributed by atoms with E-state index in [9.17, 15) is 26.7 Å². The first-order chi connectivity index (χ1) is 15.5. The first-order valence-corrected chi connectivity index (χ1v) is 10.5. The summed E-state index contributed by atoms with van der Waals surface area (Å²) in [6, 6.07) is 3.20. The number of rotatable bonds is 6. The molecule has 0 fully saturated rings. The fraction of sp³-hybridized carbons (Fsp3) is 0.273. The number of halogens is 6.